The highest BCUT2D eigenvalue weighted by Gasteiger charge is 2.42. The van der Waals surface area contributed by atoms with Gasteiger partial charge in [-0.05, 0) is 18.4 Å². The Balaban J connectivity index is 1.32. The van der Waals surface area contributed by atoms with Crippen molar-refractivity contribution in [3.63, 3.8) is 0 Å². The number of hydrogen-bond acceptors (Lipinski definition) is 4. The molecule has 126 valence electrons. The van der Waals surface area contributed by atoms with E-state index in [0.29, 0.717) is 18.9 Å². The summed E-state index contributed by atoms with van der Waals surface area (Å²) in [6, 6.07) is 10.2. The minimum absolute atomic E-state index is 0.00354. The Kier molecular flexibility index (Phi) is 5.97. The molecule has 1 heterocycles. The van der Waals surface area contributed by atoms with Crippen LogP contribution in [0.15, 0.2) is 30.3 Å². The summed E-state index contributed by atoms with van der Waals surface area (Å²) in [6.45, 7) is 1.14. The van der Waals surface area contributed by atoms with Gasteiger partial charge in [-0.3, -0.25) is 4.79 Å². The first kappa shape index (κ1) is 16.8. The lowest BCUT2D eigenvalue weighted by Crippen LogP contribution is -2.37. The average Bonchev–Trinajstić information content (AvgIpc) is 2.97. The molecule has 1 saturated carbocycles. The van der Waals surface area contributed by atoms with E-state index in [9.17, 15) is 4.79 Å². The minimum Gasteiger partial charge on any atom is -0.353 e. The Hall–Kier alpha value is -1.04. The van der Waals surface area contributed by atoms with Crippen LogP contribution in [0.3, 0.4) is 0 Å². The highest BCUT2D eigenvalue weighted by atomic mass is 32.2. The maximum Gasteiger partial charge on any atom is 0.230 e. The molecule has 3 rings (SSSR count). The van der Waals surface area contributed by atoms with E-state index in [2.05, 4.69) is 17.4 Å². The predicted octanol–water partition coefficient (Wildman–Crippen LogP) is 3.11. The zero-order chi connectivity index (χ0) is 16.0. The van der Waals surface area contributed by atoms with Crippen LogP contribution in [-0.2, 0) is 20.0 Å². The first-order valence-electron chi connectivity index (χ1n) is 8.46. The molecule has 0 radical (unpaired) electrons. The summed E-state index contributed by atoms with van der Waals surface area (Å²) in [6.07, 6.45) is 5.60. The van der Waals surface area contributed by atoms with E-state index >= 15 is 0 Å². The largest absolute Gasteiger partial charge is 0.353 e. The Morgan fingerprint density at radius 1 is 1.22 bits per heavy atom. The molecule has 0 aromatic heterocycles. The molecule has 1 spiro atoms. The van der Waals surface area contributed by atoms with Crippen LogP contribution in [0.4, 0.5) is 0 Å². The molecule has 2 fully saturated rings. The topological polar surface area (TPSA) is 47.6 Å². The quantitative estimate of drug-likeness (QED) is 0.868. The first-order valence-corrected chi connectivity index (χ1v) is 9.61. The molecule has 5 heteroatoms. The molecule has 1 atom stereocenters. The molecule has 4 nitrogen and oxygen atoms in total. The molecule has 1 aliphatic heterocycles. The van der Waals surface area contributed by atoms with Gasteiger partial charge in [0, 0.05) is 25.1 Å². The Labute approximate surface area is 142 Å². The van der Waals surface area contributed by atoms with Crippen LogP contribution in [0.25, 0.3) is 0 Å². The third-order valence-electron chi connectivity index (χ3n) is 4.40. The maximum absolute atomic E-state index is 11.9. The van der Waals surface area contributed by atoms with Crippen LogP contribution in [0.1, 0.15) is 37.7 Å². The van der Waals surface area contributed by atoms with Gasteiger partial charge in [-0.2, -0.15) is 0 Å². The number of carbonyl (C=O) groups excluding carboxylic acids is 1. The van der Waals surface area contributed by atoms with Crippen molar-refractivity contribution in [3.8, 4) is 0 Å². The molecule has 1 aromatic carbocycles. The fourth-order valence-electron chi connectivity index (χ4n) is 3.18. The van der Waals surface area contributed by atoms with Gasteiger partial charge in [0.05, 0.1) is 12.4 Å². The summed E-state index contributed by atoms with van der Waals surface area (Å²) >= 11 is 1.63. The van der Waals surface area contributed by atoms with Gasteiger partial charge in [-0.1, -0.05) is 36.8 Å². The minimum atomic E-state index is -0.351. The van der Waals surface area contributed by atoms with E-state index in [4.69, 9.17) is 9.47 Å². The van der Waals surface area contributed by atoms with E-state index in [-0.39, 0.29) is 17.8 Å². The molecule has 23 heavy (non-hydrogen) atoms. The van der Waals surface area contributed by atoms with Gasteiger partial charge in [0.2, 0.25) is 5.91 Å². The van der Waals surface area contributed by atoms with Crippen molar-refractivity contribution in [1.82, 2.24) is 5.32 Å². The lowest BCUT2D eigenvalue weighted by Gasteiger charge is -2.31. The molecule has 1 aromatic rings. The Morgan fingerprint density at radius 2 is 2.00 bits per heavy atom. The SMILES string of the molecule is O=C(CSCc1ccccc1)NC[C@@H]1COC2(CCCCC2)O1. The summed E-state index contributed by atoms with van der Waals surface area (Å²) < 4.78 is 12.0. The van der Waals surface area contributed by atoms with Crippen LogP contribution in [-0.4, -0.2) is 36.7 Å². The van der Waals surface area contributed by atoms with Crippen molar-refractivity contribution in [3.05, 3.63) is 35.9 Å². The second-order valence-electron chi connectivity index (χ2n) is 6.30. The number of thioether (sulfide) groups is 1. The van der Waals surface area contributed by atoms with Gasteiger partial charge in [0.15, 0.2) is 5.79 Å². The van der Waals surface area contributed by atoms with Gasteiger partial charge in [-0.25, -0.2) is 0 Å². The third kappa shape index (κ3) is 4.96. The molecule has 0 bridgehead atoms. The van der Waals surface area contributed by atoms with Gasteiger partial charge in [0.1, 0.15) is 6.10 Å². The zero-order valence-corrected chi connectivity index (χ0v) is 14.3. The Bertz CT molecular complexity index is 502. The highest BCUT2D eigenvalue weighted by molar-refractivity contribution is 7.99. The standard InChI is InChI=1S/C18H25NO3S/c20-17(14-23-13-15-7-3-1-4-8-15)19-11-16-12-21-18(22-16)9-5-2-6-10-18/h1,3-4,7-8,16H,2,5-6,9-14H2,(H,19,20)/t16-/m1/s1. The number of ether oxygens (including phenoxy) is 2. The summed E-state index contributed by atoms with van der Waals surface area (Å²) in [5.74, 6) is 1.06. The molecular weight excluding hydrogens is 310 g/mol. The molecule has 1 saturated heterocycles. The van der Waals surface area contributed by atoms with Gasteiger partial charge in [0.25, 0.3) is 0 Å². The second kappa shape index (κ2) is 8.18. The fraction of sp³-hybridized carbons (Fsp3) is 0.611. The molecule has 1 N–H and O–H groups in total. The third-order valence-corrected chi connectivity index (χ3v) is 5.40. The number of benzene rings is 1. The van der Waals surface area contributed by atoms with E-state index in [1.165, 1.54) is 24.8 Å². The zero-order valence-electron chi connectivity index (χ0n) is 13.5. The number of nitrogens with one attached hydrogen (secondary N) is 1. The normalized spacial score (nSPS) is 23.0. The number of rotatable bonds is 6. The first-order chi connectivity index (χ1) is 11.3. The van der Waals surface area contributed by atoms with E-state index in [1.54, 1.807) is 11.8 Å². The predicted molar refractivity (Wildman–Crippen MR) is 92.3 cm³/mol. The molecular formula is C18H25NO3S. The summed E-state index contributed by atoms with van der Waals surface area (Å²) in [5.41, 5.74) is 1.25. The average molecular weight is 335 g/mol. The number of hydrogen-bond donors (Lipinski definition) is 1. The maximum atomic E-state index is 11.9. The second-order valence-corrected chi connectivity index (χ2v) is 7.29. The van der Waals surface area contributed by atoms with Crippen molar-refractivity contribution in [2.24, 2.45) is 0 Å². The van der Waals surface area contributed by atoms with E-state index in [0.717, 1.165) is 18.6 Å². The van der Waals surface area contributed by atoms with Crippen LogP contribution < -0.4 is 5.32 Å². The van der Waals surface area contributed by atoms with Crippen LogP contribution in [0.2, 0.25) is 0 Å². The Morgan fingerprint density at radius 3 is 2.78 bits per heavy atom. The van der Waals surface area contributed by atoms with Crippen molar-refractivity contribution in [2.75, 3.05) is 18.9 Å². The number of carbonyl (C=O) groups is 1. The van der Waals surface area contributed by atoms with Gasteiger partial charge >= 0.3 is 0 Å². The van der Waals surface area contributed by atoms with Crippen molar-refractivity contribution in [2.45, 2.75) is 49.7 Å². The molecule has 2 aliphatic rings. The van der Waals surface area contributed by atoms with E-state index in [1.807, 2.05) is 18.2 Å². The lowest BCUT2D eigenvalue weighted by atomic mass is 9.94. The summed E-state index contributed by atoms with van der Waals surface area (Å²) in [5, 5.41) is 2.97. The number of amides is 1. The monoisotopic (exact) mass is 335 g/mol. The van der Waals surface area contributed by atoms with Crippen LogP contribution >= 0.6 is 11.8 Å². The highest BCUT2D eigenvalue weighted by Crippen LogP contribution is 2.37. The van der Waals surface area contributed by atoms with Crippen molar-refractivity contribution >= 4 is 17.7 Å². The van der Waals surface area contributed by atoms with Gasteiger partial charge in [-0.15, -0.1) is 11.8 Å². The van der Waals surface area contributed by atoms with E-state index < -0.39 is 0 Å². The van der Waals surface area contributed by atoms with Crippen LogP contribution in [0.5, 0.6) is 0 Å². The molecule has 1 amide bonds. The van der Waals surface area contributed by atoms with Crippen molar-refractivity contribution in [1.29, 1.82) is 0 Å². The summed E-state index contributed by atoms with van der Waals surface area (Å²) in [4.78, 5) is 11.9. The van der Waals surface area contributed by atoms with Gasteiger partial charge < -0.3 is 14.8 Å². The fourth-order valence-corrected chi connectivity index (χ4v) is 4.00. The summed E-state index contributed by atoms with van der Waals surface area (Å²) in [7, 11) is 0. The van der Waals surface area contributed by atoms with Crippen LogP contribution in [0, 0.1) is 0 Å². The molecule has 0 unspecified atom stereocenters. The van der Waals surface area contributed by atoms with Crippen molar-refractivity contribution < 1.29 is 14.3 Å². The molecule has 1 aliphatic carbocycles. The lowest BCUT2D eigenvalue weighted by molar-refractivity contribution is -0.186. The smallest absolute Gasteiger partial charge is 0.230 e.